The third-order valence-electron chi connectivity index (χ3n) is 2.46. The van der Waals surface area contributed by atoms with Crippen LogP contribution in [0.25, 0.3) is 0 Å². The van der Waals surface area contributed by atoms with Crippen molar-refractivity contribution in [3.8, 4) is 0 Å². The van der Waals surface area contributed by atoms with E-state index < -0.39 is 17.3 Å². The lowest BCUT2D eigenvalue weighted by Crippen LogP contribution is -2.38. The number of nitrogens with zero attached hydrogens (tertiary/aromatic N) is 1. The Balaban J connectivity index is 3.14. The summed E-state index contributed by atoms with van der Waals surface area (Å²) in [6, 6.07) is 2.37. The SMILES string of the molecule is CC(C)(Cn1cc(C(=O)O)ccc1=O)C(N)=O. The number of primary amides is 1. The second-order valence-electron chi connectivity index (χ2n) is 4.44. The Morgan fingerprint density at radius 2 is 2.00 bits per heavy atom. The molecule has 6 heteroatoms. The molecule has 0 spiro atoms. The standard InChI is InChI=1S/C11H14N2O4/c1-11(2,10(12)17)6-13-5-7(9(15)16)3-4-8(13)14/h3-5H,6H2,1-2H3,(H2,12,17)(H,15,16). The zero-order valence-electron chi connectivity index (χ0n) is 9.64. The van der Waals surface area contributed by atoms with E-state index >= 15 is 0 Å². The van der Waals surface area contributed by atoms with Gasteiger partial charge in [-0.05, 0) is 19.9 Å². The Hall–Kier alpha value is -2.11. The summed E-state index contributed by atoms with van der Waals surface area (Å²) in [7, 11) is 0. The third-order valence-corrected chi connectivity index (χ3v) is 2.46. The number of carbonyl (C=O) groups is 2. The van der Waals surface area contributed by atoms with Gasteiger partial charge in [0.15, 0.2) is 0 Å². The molecule has 0 aliphatic heterocycles. The number of aromatic nitrogens is 1. The van der Waals surface area contributed by atoms with Crippen molar-refractivity contribution in [1.82, 2.24) is 4.57 Å². The molecule has 92 valence electrons. The Kier molecular flexibility index (Phi) is 3.36. The summed E-state index contributed by atoms with van der Waals surface area (Å²) in [6.45, 7) is 3.23. The van der Waals surface area contributed by atoms with Gasteiger partial charge in [-0.3, -0.25) is 9.59 Å². The van der Waals surface area contributed by atoms with Gasteiger partial charge >= 0.3 is 5.97 Å². The molecule has 0 radical (unpaired) electrons. The quantitative estimate of drug-likeness (QED) is 0.774. The van der Waals surface area contributed by atoms with Crippen LogP contribution in [0.1, 0.15) is 24.2 Å². The van der Waals surface area contributed by atoms with Crippen molar-refractivity contribution in [1.29, 1.82) is 0 Å². The maximum Gasteiger partial charge on any atom is 0.337 e. The highest BCUT2D eigenvalue weighted by Crippen LogP contribution is 2.16. The molecule has 3 N–H and O–H groups in total. The van der Waals surface area contributed by atoms with E-state index in [0.29, 0.717) is 0 Å². The maximum atomic E-state index is 11.5. The molecule has 17 heavy (non-hydrogen) atoms. The monoisotopic (exact) mass is 238 g/mol. The molecule has 1 amide bonds. The van der Waals surface area contributed by atoms with Crippen molar-refractivity contribution in [2.45, 2.75) is 20.4 Å². The predicted molar refractivity (Wildman–Crippen MR) is 60.6 cm³/mol. The highest BCUT2D eigenvalue weighted by molar-refractivity contribution is 5.87. The van der Waals surface area contributed by atoms with Crippen molar-refractivity contribution in [3.05, 3.63) is 34.2 Å². The van der Waals surface area contributed by atoms with E-state index in [4.69, 9.17) is 10.8 Å². The molecular weight excluding hydrogens is 224 g/mol. The van der Waals surface area contributed by atoms with Crippen molar-refractivity contribution >= 4 is 11.9 Å². The van der Waals surface area contributed by atoms with E-state index in [0.717, 1.165) is 6.07 Å². The summed E-state index contributed by atoms with van der Waals surface area (Å²) >= 11 is 0. The van der Waals surface area contributed by atoms with Crippen LogP contribution in [0.5, 0.6) is 0 Å². The Morgan fingerprint density at radius 1 is 1.41 bits per heavy atom. The number of carbonyl (C=O) groups excluding carboxylic acids is 1. The van der Waals surface area contributed by atoms with Crippen LogP contribution in [0.3, 0.4) is 0 Å². The number of rotatable bonds is 4. The van der Waals surface area contributed by atoms with Gasteiger partial charge in [0.2, 0.25) is 5.91 Å². The summed E-state index contributed by atoms with van der Waals surface area (Å²) < 4.78 is 1.17. The molecule has 0 aliphatic rings. The first-order valence-electron chi connectivity index (χ1n) is 4.98. The minimum Gasteiger partial charge on any atom is -0.478 e. The predicted octanol–water partition coefficient (Wildman–Crippen LogP) is 0.0580. The molecule has 0 fully saturated rings. The summed E-state index contributed by atoms with van der Waals surface area (Å²) in [5.74, 6) is -1.68. The number of carboxylic acids is 1. The number of nitrogens with two attached hydrogens (primary N) is 1. The van der Waals surface area contributed by atoms with Crippen molar-refractivity contribution in [2.75, 3.05) is 0 Å². The van der Waals surface area contributed by atoms with Gasteiger partial charge in [-0.1, -0.05) is 0 Å². The fourth-order valence-electron chi connectivity index (χ4n) is 1.29. The molecule has 0 atom stereocenters. The fraction of sp³-hybridized carbons (Fsp3) is 0.364. The second-order valence-corrected chi connectivity index (χ2v) is 4.44. The zero-order chi connectivity index (χ0) is 13.2. The first-order valence-corrected chi connectivity index (χ1v) is 4.98. The molecule has 1 aromatic rings. The van der Waals surface area contributed by atoms with Gasteiger partial charge in [0.05, 0.1) is 11.0 Å². The van der Waals surface area contributed by atoms with Gasteiger partial charge in [-0.2, -0.15) is 0 Å². The van der Waals surface area contributed by atoms with E-state index in [1.54, 1.807) is 13.8 Å². The minimum atomic E-state index is -1.13. The van der Waals surface area contributed by atoms with E-state index in [1.807, 2.05) is 0 Å². The third kappa shape index (κ3) is 2.93. The van der Waals surface area contributed by atoms with Crippen LogP contribution in [0.4, 0.5) is 0 Å². The van der Waals surface area contributed by atoms with Gasteiger partial charge in [-0.15, -0.1) is 0 Å². The van der Waals surface area contributed by atoms with E-state index in [9.17, 15) is 14.4 Å². The largest absolute Gasteiger partial charge is 0.478 e. The van der Waals surface area contributed by atoms with Crippen LogP contribution in [-0.4, -0.2) is 21.6 Å². The summed E-state index contributed by atoms with van der Waals surface area (Å²) in [5.41, 5.74) is 3.90. The van der Waals surface area contributed by atoms with E-state index in [1.165, 1.54) is 16.8 Å². The Labute approximate surface area is 97.7 Å². The fourth-order valence-corrected chi connectivity index (χ4v) is 1.29. The number of pyridine rings is 1. The van der Waals surface area contributed by atoms with E-state index in [2.05, 4.69) is 0 Å². The van der Waals surface area contributed by atoms with Gasteiger partial charge in [-0.25, -0.2) is 4.79 Å². The van der Waals surface area contributed by atoms with Gasteiger partial charge in [0.1, 0.15) is 0 Å². The smallest absolute Gasteiger partial charge is 0.337 e. The number of amides is 1. The average Bonchev–Trinajstić information content (AvgIpc) is 2.20. The second kappa shape index (κ2) is 4.40. The molecule has 0 saturated carbocycles. The summed E-state index contributed by atoms with van der Waals surface area (Å²) in [5, 5.41) is 8.80. The molecule has 0 aliphatic carbocycles. The normalized spacial score (nSPS) is 11.2. The van der Waals surface area contributed by atoms with Crippen LogP contribution < -0.4 is 11.3 Å². The molecule has 0 unspecified atom stereocenters. The van der Waals surface area contributed by atoms with Gasteiger partial charge < -0.3 is 15.4 Å². The lowest BCUT2D eigenvalue weighted by atomic mass is 9.92. The molecule has 0 saturated heterocycles. The Morgan fingerprint density at radius 3 is 2.47 bits per heavy atom. The first-order chi connectivity index (χ1) is 7.74. The number of carboxylic acid groups (broad SMARTS) is 1. The lowest BCUT2D eigenvalue weighted by Gasteiger charge is -2.21. The number of hydrogen-bond acceptors (Lipinski definition) is 3. The molecule has 0 bridgehead atoms. The van der Waals surface area contributed by atoms with Gasteiger partial charge in [0.25, 0.3) is 5.56 Å². The maximum absolute atomic E-state index is 11.5. The topological polar surface area (TPSA) is 102 Å². The zero-order valence-corrected chi connectivity index (χ0v) is 9.64. The molecule has 1 aromatic heterocycles. The molecule has 0 aromatic carbocycles. The first kappa shape index (κ1) is 13.0. The Bertz CT molecular complexity index is 516. The summed E-state index contributed by atoms with van der Waals surface area (Å²) in [4.78, 5) is 33.4. The lowest BCUT2D eigenvalue weighted by molar-refractivity contribution is -0.126. The number of hydrogen-bond donors (Lipinski definition) is 2. The molecule has 1 rings (SSSR count). The van der Waals surface area contributed by atoms with Crippen molar-refractivity contribution in [2.24, 2.45) is 11.1 Å². The molecule has 6 nitrogen and oxygen atoms in total. The van der Waals surface area contributed by atoms with Crippen molar-refractivity contribution in [3.63, 3.8) is 0 Å². The minimum absolute atomic E-state index is 0.00938. The molecular formula is C11H14N2O4. The number of aromatic carboxylic acids is 1. The van der Waals surface area contributed by atoms with Crippen LogP contribution >= 0.6 is 0 Å². The van der Waals surface area contributed by atoms with Crippen LogP contribution in [0.15, 0.2) is 23.1 Å². The van der Waals surface area contributed by atoms with Gasteiger partial charge in [0, 0.05) is 18.8 Å². The highest BCUT2D eigenvalue weighted by atomic mass is 16.4. The highest BCUT2D eigenvalue weighted by Gasteiger charge is 2.26. The van der Waals surface area contributed by atoms with Crippen LogP contribution in [0.2, 0.25) is 0 Å². The van der Waals surface area contributed by atoms with Crippen LogP contribution in [-0.2, 0) is 11.3 Å². The molecule has 1 heterocycles. The average molecular weight is 238 g/mol. The van der Waals surface area contributed by atoms with Crippen LogP contribution in [0, 0.1) is 5.41 Å². The van der Waals surface area contributed by atoms with Crippen molar-refractivity contribution < 1.29 is 14.7 Å². The van der Waals surface area contributed by atoms with E-state index in [-0.39, 0.29) is 17.7 Å². The summed E-state index contributed by atoms with van der Waals surface area (Å²) in [6.07, 6.45) is 1.20.